The molecule has 0 amide bonds. The summed E-state index contributed by atoms with van der Waals surface area (Å²) < 4.78 is 18.4. The molecule has 0 spiro atoms. The quantitative estimate of drug-likeness (QED) is 0.861. The third kappa shape index (κ3) is 2.14. The molecule has 0 aliphatic rings. The molecule has 2 rings (SSSR count). The van der Waals surface area contributed by atoms with E-state index in [1.165, 1.54) is 12.1 Å². The van der Waals surface area contributed by atoms with Gasteiger partial charge >= 0.3 is 0 Å². The molecule has 2 aromatic rings. The minimum absolute atomic E-state index is 0.203. The molecule has 1 aromatic carbocycles. The van der Waals surface area contributed by atoms with Crippen molar-refractivity contribution in [2.24, 2.45) is 5.73 Å². The normalized spacial score (nSPS) is 12.7. The molecule has 16 heavy (non-hydrogen) atoms. The second-order valence-corrected chi connectivity index (χ2v) is 3.85. The van der Waals surface area contributed by atoms with Crippen molar-refractivity contribution in [2.75, 3.05) is 6.54 Å². The molecule has 3 heteroatoms. The Hall–Kier alpha value is -1.61. The summed E-state index contributed by atoms with van der Waals surface area (Å²) in [7, 11) is 0. The lowest BCUT2D eigenvalue weighted by Crippen LogP contribution is -2.07. The van der Waals surface area contributed by atoms with Crippen LogP contribution in [0.5, 0.6) is 0 Å². The molecular weight excluding hydrogens is 205 g/mol. The number of rotatable bonds is 3. The monoisotopic (exact) mass is 219 g/mol. The van der Waals surface area contributed by atoms with Crippen molar-refractivity contribution in [1.29, 1.82) is 0 Å². The molecule has 0 bridgehead atoms. The summed E-state index contributed by atoms with van der Waals surface area (Å²) >= 11 is 0. The fraction of sp³-hybridized carbons (Fsp3) is 0.231. The van der Waals surface area contributed by atoms with Gasteiger partial charge in [0, 0.05) is 18.0 Å². The molecule has 0 aliphatic carbocycles. The SMILES string of the molecule is CC(CN)c1ccc(-c2ccc(F)cc2)o1. The summed E-state index contributed by atoms with van der Waals surface area (Å²) in [6.45, 7) is 2.56. The van der Waals surface area contributed by atoms with E-state index >= 15 is 0 Å². The molecule has 84 valence electrons. The van der Waals surface area contributed by atoms with Crippen molar-refractivity contribution < 1.29 is 8.81 Å². The summed E-state index contributed by atoms with van der Waals surface area (Å²) in [6, 6.07) is 10.0. The first-order valence-corrected chi connectivity index (χ1v) is 5.26. The van der Waals surface area contributed by atoms with E-state index < -0.39 is 0 Å². The van der Waals surface area contributed by atoms with Gasteiger partial charge in [0.1, 0.15) is 17.3 Å². The van der Waals surface area contributed by atoms with Gasteiger partial charge < -0.3 is 10.2 Å². The van der Waals surface area contributed by atoms with Gasteiger partial charge in [0.25, 0.3) is 0 Å². The van der Waals surface area contributed by atoms with E-state index in [1.807, 2.05) is 19.1 Å². The highest BCUT2D eigenvalue weighted by Gasteiger charge is 2.09. The molecule has 0 radical (unpaired) electrons. The average Bonchev–Trinajstić information content (AvgIpc) is 2.78. The molecular formula is C13H14FNO. The third-order valence-electron chi connectivity index (χ3n) is 2.59. The lowest BCUT2D eigenvalue weighted by molar-refractivity contribution is 0.488. The molecule has 0 fully saturated rings. The molecule has 1 unspecified atom stereocenters. The van der Waals surface area contributed by atoms with Crippen molar-refractivity contribution in [3.63, 3.8) is 0 Å². The van der Waals surface area contributed by atoms with E-state index in [0.717, 1.165) is 17.1 Å². The van der Waals surface area contributed by atoms with E-state index in [2.05, 4.69) is 0 Å². The lowest BCUT2D eigenvalue weighted by atomic mass is 10.1. The van der Waals surface area contributed by atoms with Crippen molar-refractivity contribution in [3.05, 3.63) is 48.0 Å². The molecule has 2 nitrogen and oxygen atoms in total. The van der Waals surface area contributed by atoms with E-state index in [0.29, 0.717) is 6.54 Å². The van der Waals surface area contributed by atoms with Gasteiger partial charge in [-0.25, -0.2) is 4.39 Å². The molecule has 1 aromatic heterocycles. The number of benzene rings is 1. The average molecular weight is 219 g/mol. The van der Waals surface area contributed by atoms with E-state index in [1.54, 1.807) is 12.1 Å². The zero-order chi connectivity index (χ0) is 11.5. The van der Waals surface area contributed by atoms with Crippen LogP contribution < -0.4 is 5.73 Å². The van der Waals surface area contributed by atoms with Crippen LogP contribution in [0, 0.1) is 5.82 Å². The van der Waals surface area contributed by atoms with Gasteiger partial charge in [-0.05, 0) is 36.4 Å². The smallest absolute Gasteiger partial charge is 0.134 e. The number of hydrogen-bond donors (Lipinski definition) is 1. The molecule has 0 saturated carbocycles. The van der Waals surface area contributed by atoms with Gasteiger partial charge in [-0.15, -0.1) is 0 Å². The lowest BCUT2D eigenvalue weighted by Gasteiger charge is -2.03. The first-order valence-electron chi connectivity index (χ1n) is 5.26. The summed E-state index contributed by atoms with van der Waals surface area (Å²) in [5.41, 5.74) is 6.43. The van der Waals surface area contributed by atoms with Crippen molar-refractivity contribution >= 4 is 0 Å². The van der Waals surface area contributed by atoms with Gasteiger partial charge in [0.15, 0.2) is 0 Å². The van der Waals surface area contributed by atoms with Gasteiger partial charge in [0.2, 0.25) is 0 Å². The fourth-order valence-electron chi connectivity index (χ4n) is 1.50. The Labute approximate surface area is 93.9 Å². The fourth-order valence-corrected chi connectivity index (χ4v) is 1.50. The maximum absolute atomic E-state index is 12.7. The Kier molecular flexibility index (Phi) is 3.06. The Morgan fingerprint density at radius 2 is 1.88 bits per heavy atom. The van der Waals surface area contributed by atoms with Gasteiger partial charge in [0.05, 0.1) is 0 Å². The predicted octanol–water partition coefficient (Wildman–Crippen LogP) is 3.15. The molecule has 2 N–H and O–H groups in total. The third-order valence-corrected chi connectivity index (χ3v) is 2.59. The Balaban J connectivity index is 2.28. The molecule has 1 heterocycles. The second-order valence-electron chi connectivity index (χ2n) is 3.85. The van der Waals surface area contributed by atoms with E-state index in [-0.39, 0.29) is 11.7 Å². The number of furan rings is 1. The minimum atomic E-state index is -0.245. The summed E-state index contributed by atoms with van der Waals surface area (Å²) in [5, 5.41) is 0. The summed E-state index contributed by atoms with van der Waals surface area (Å²) in [5.74, 6) is 1.57. The number of halogens is 1. The first kappa shape index (κ1) is 10.9. The first-order chi connectivity index (χ1) is 7.70. The van der Waals surface area contributed by atoms with Gasteiger partial charge in [-0.3, -0.25) is 0 Å². The second kappa shape index (κ2) is 4.49. The van der Waals surface area contributed by atoms with Crippen LogP contribution in [-0.4, -0.2) is 6.54 Å². The largest absolute Gasteiger partial charge is 0.461 e. The standard InChI is InChI=1S/C13H14FNO/c1-9(8-15)12-6-7-13(16-12)10-2-4-11(14)5-3-10/h2-7,9H,8,15H2,1H3. The van der Waals surface area contributed by atoms with Gasteiger partial charge in [-0.2, -0.15) is 0 Å². The van der Waals surface area contributed by atoms with Crippen molar-refractivity contribution in [3.8, 4) is 11.3 Å². The minimum Gasteiger partial charge on any atom is -0.461 e. The van der Waals surface area contributed by atoms with Crippen molar-refractivity contribution in [1.82, 2.24) is 0 Å². The summed E-state index contributed by atoms with van der Waals surface area (Å²) in [4.78, 5) is 0. The van der Waals surface area contributed by atoms with E-state index in [4.69, 9.17) is 10.2 Å². The number of hydrogen-bond acceptors (Lipinski definition) is 2. The van der Waals surface area contributed by atoms with Crippen LogP contribution in [0.1, 0.15) is 18.6 Å². The zero-order valence-electron chi connectivity index (χ0n) is 9.11. The van der Waals surface area contributed by atoms with Gasteiger partial charge in [-0.1, -0.05) is 6.92 Å². The highest BCUT2D eigenvalue weighted by Crippen LogP contribution is 2.25. The van der Waals surface area contributed by atoms with E-state index in [9.17, 15) is 4.39 Å². The topological polar surface area (TPSA) is 39.2 Å². The van der Waals surface area contributed by atoms with Crippen molar-refractivity contribution in [2.45, 2.75) is 12.8 Å². The van der Waals surface area contributed by atoms with Crippen LogP contribution in [0.2, 0.25) is 0 Å². The highest BCUT2D eigenvalue weighted by atomic mass is 19.1. The van der Waals surface area contributed by atoms with Crippen LogP contribution in [0.15, 0.2) is 40.8 Å². The molecule has 0 aliphatic heterocycles. The molecule has 1 atom stereocenters. The van der Waals surface area contributed by atoms with Crippen LogP contribution in [0.3, 0.4) is 0 Å². The van der Waals surface area contributed by atoms with Crippen LogP contribution in [-0.2, 0) is 0 Å². The zero-order valence-corrected chi connectivity index (χ0v) is 9.11. The Bertz CT molecular complexity index is 461. The maximum atomic E-state index is 12.7. The Morgan fingerprint density at radius 3 is 2.50 bits per heavy atom. The van der Waals surface area contributed by atoms with Crippen LogP contribution in [0.4, 0.5) is 4.39 Å². The molecule has 0 saturated heterocycles. The van der Waals surface area contributed by atoms with Crippen LogP contribution >= 0.6 is 0 Å². The predicted molar refractivity (Wildman–Crippen MR) is 61.6 cm³/mol. The maximum Gasteiger partial charge on any atom is 0.134 e. The van der Waals surface area contributed by atoms with Crippen LogP contribution in [0.25, 0.3) is 11.3 Å². The Morgan fingerprint density at radius 1 is 1.19 bits per heavy atom. The highest BCUT2D eigenvalue weighted by molar-refractivity contribution is 5.57. The summed E-state index contributed by atoms with van der Waals surface area (Å²) in [6.07, 6.45) is 0. The number of nitrogens with two attached hydrogens (primary N) is 1.